The predicted molar refractivity (Wildman–Crippen MR) is 123 cm³/mol. The Labute approximate surface area is 176 Å². The van der Waals surface area contributed by atoms with Gasteiger partial charge in [-0.2, -0.15) is 11.8 Å². The number of nitrogens with one attached hydrogen (secondary N) is 1. The summed E-state index contributed by atoms with van der Waals surface area (Å²) in [5.41, 5.74) is 3.90. The molecule has 1 aliphatic heterocycles. The van der Waals surface area contributed by atoms with Crippen molar-refractivity contribution in [3.8, 4) is 0 Å². The molecule has 28 heavy (non-hydrogen) atoms. The van der Waals surface area contributed by atoms with Crippen LogP contribution in [0.15, 0.2) is 57.2 Å². The molecular weight excluding hydrogens is 384 g/mol. The highest BCUT2D eigenvalue weighted by Gasteiger charge is 2.18. The van der Waals surface area contributed by atoms with Gasteiger partial charge in [-0.1, -0.05) is 50.2 Å². The quantitative estimate of drug-likeness (QED) is 0.489. The Morgan fingerprint density at radius 2 is 1.93 bits per heavy atom. The van der Waals surface area contributed by atoms with E-state index in [1.807, 2.05) is 30.0 Å². The van der Waals surface area contributed by atoms with Crippen LogP contribution in [0.5, 0.6) is 0 Å². The second-order valence-electron chi connectivity index (χ2n) is 6.81. The van der Waals surface area contributed by atoms with E-state index in [1.54, 1.807) is 11.8 Å². The number of hydrogen-bond acceptors (Lipinski definition) is 4. The van der Waals surface area contributed by atoms with Crippen LogP contribution in [0.4, 0.5) is 5.69 Å². The highest BCUT2D eigenvalue weighted by molar-refractivity contribution is 7.99. The zero-order chi connectivity index (χ0) is 19.8. The molecule has 0 bridgehead atoms. The monoisotopic (exact) mass is 412 g/mol. The van der Waals surface area contributed by atoms with Gasteiger partial charge < -0.3 is 5.32 Å². The van der Waals surface area contributed by atoms with E-state index < -0.39 is 0 Å². The molecule has 3 rings (SSSR count). The maximum atomic E-state index is 12.6. The largest absolute Gasteiger partial charge is 0.352 e. The molecule has 1 N–H and O–H groups in total. The van der Waals surface area contributed by atoms with Crippen molar-refractivity contribution in [3.05, 3.63) is 53.6 Å². The molecule has 3 nitrogen and oxygen atoms in total. The Hall–Kier alpha value is -1.72. The summed E-state index contributed by atoms with van der Waals surface area (Å²) >= 11 is 3.68. The first-order valence-electron chi connectivity index (χ1n) is 10.1. The standard InChI is InChI=1S/C23H28N2OS2/c1-3-8-19-18-9-5-6-10-21(18)28-22-12-11-17(16-20(22)25-19)23(26)24-13-7-15-27-14-4-2/h5-6,9-12,16H,3-4,7-8,13-15H2,1-2H3,(H,24,26). The van der Waals surface area contributed by atoms with Crippen molar-refractivity contribution in [2.75, 3.05) is 18.1 Å². The Balaban J connectivity index is 1.74. The molecule has 0 aromatic heterocycles. The summed E-state index contributed by atoms with van der Waals surface area (Å²) in [5, 5.41) is 3.04. The Morgan fingerprint density at radius 1 is 1.07 bits per heavy atom. The number of rotatable bonds is 9. The lowest BCUT2D eigenvalue weighted by atomic mass is 10.1. The van der Waals surface area contributed by atoms with Crippen molar-refractivity contribution < 1.29 is 4.79 Å². The van der Waals surface area contributed by atoms with Crippen LogP contribution in [-0.4, -0.2) is 29.7 Å². The summed E-state index contributed by atoms with van der Waals surface area (Å²) in [7, 11) is 0. The number of aliphatic imine (C=N–C) groups is 1. The number of carbonyl (C=O) groups is 1. The van der Waals surface area contributed by atoms with Crippen LogP contribution in [0.3, 0.4) is 0 Å². The van der Waals surface area contributed by atoms with Crippen molar-refractivity contribution in [1.82, 2.24) is 5.32 Å². The molecule has 1 aliphatic rings. The minimum atomic E-state index is -0.0118. The maximum absolute atomic E-state index is 12.6. The van der Waals surface area contributed by atoms with Gasteiger partial charge in [0.1, 0.15) is 0 Å². The van der Waals surface area contributed by atoms with Gasteiger partial charge in [0.2, 0.25) is 0 Å². The summed E-state index contributed by atoms with van der Waals surface area (Å²) in [5.74, 6) is 2.27. The van der Waals surface area contributed by atoms with Gasteiger partial charge in [-0.3, -0.25) is 9.79 Å². The van der Waals surface area contributed by atoms with Gasteiger partial charge in [0.15, 0.2) is 0 Å². The van der Waals surface area contributed by atoms with Crippen LogP contribution in [0.1, 0.15) is 55.5 Å². The van der Waals surface area contributed by atoms with E-state index >= 15 is 0 Å². The SMILES string of the molecule is CCCSCCCNC(=O)c1ccc2c(c1)N=C(CCC)c1ccccc1S2. The molecule has 2 aromatic rings. The molecule has 0 saturated heterocycles. The van der Waals surface area contributed by atoms with Crippen molar-refractivity contribution in [2.45, 2.75) is 49.3 Å². The third-order valence-corrected chi connectivity index (χ3v) is 6.90. The van der Waals surface area contributed by atoms with E-state index in [1.165, 1.54) is 22.6 Å². The lowest BCUT2D eigenvalue weighted by molar-refractivity contribution is 0.0954. The van der Waals surface area contributed by atoms with Gasteiger partial charge in [-0.15, -0.1) is 0 Å². The molecule has 5 heteroatoms. The normalized spacial score (nSPS) is 12.6. The molecular formula is C23H28N2OS2. The molecule has 1 heterocycles. The highest BCUT2D eigenvalue weighted by Crippen LogP contribution is 2.41. The third-order valence-electron chi connectivity index (χ3n) is 4.48. The average molecular weight is 413 g/mol. The van der Waals surface area contributed by atoms with Gasteiger partial charge in [-0.05, 0) is 55.0 Å². The molecule has 0 spiro atoms. The van der Waals surface area contributed by atoms with Gasteiger partial charge >= 0.3 is 0 Å². The summed E-state index contributed by atoms with van der Waals surface area (Å²) in [4.78, 5) is 19.8. The first kappa shape index (κ1) is 21.0. The van der Waals surface area contributed by atoms with Crippen LogP contribution in [0.25, 0.3) is 0 Å². The average Bonchev–Trinajstić information content (AvgIpc) is 2.86. The fourth-order valence-electron chi connectivity index (χ4n) is 3.10. The van der Waals surface area contributed by atoms with E-state index in [0.29, 0.717) is 5.56 Å². The Morgan fingerprint density at radius 3 is 2.75 bits per heavy atom. The van der Waals surface area contributed by atoms with Crippen LogP contribution >= 0.6 is 23.5 Å². The summed E-state index contributed by atoms with van der Waals surface area (Å²) in [6, 6.07) is 14.3. The van der Waals surface area contributed by atoms with Crippen molar-refractivity contribution in [2.24, 2.45) is 4.99 Å². The second-order valence-corrected chi connectivity index (χ2v) is 9.12. The van der Waals surface area contributed by atoms with E-state index in [-0.39, 0.29) is 5.91 Å². The molecule has 0 unspecified atom stereocenters. The van der Waals surface area contributed by atoms with Gasteiger partial charge in [0, 0.05) is 33.2 Å². The Bertz CT molecular complexity index is 848. The molecule has 0 atom stereocenters. The van der Waals surface area contributed by atoms with Gasteiger partial charge in [0.25, 0.3) is 5.91 Å². The zero-order valence-electron chi connectivity index (χ0n) is 16.7. The highest BCUT2D eigenvalue weighted by atomic mass is 32.2. The molecule has 148 valence electrons. The molecule has 0 aliphatic carbocycles. The zero-order valence-corrected chi connectivity index (χ0v) is 18.3. The number of fused-ring (bicyclic) bond motifs is 2. The fourth-order valence-corrected chi connectivity index (χ4v) is 4.97. The van der Waals surface area contributed by atoms with Crippen molar-refractivity contribution in [1.29, 1.82) is 0 Å². The van der Waals surface area contributed by atoms with Gasteiger partial charge in [-0.25, -0.2) is 0 Å². The van der Waals surface area contributed by atoms with Gasteiger partial charge in [0.05, 0.1) is 5.69 Å². The molecule has 0 fully saturated rings. The molecule has 1 amide bonds. The lowest BCUT2D eigenvalue weighted by Crippen LogP contribution is -2.24. The lowest BCUT2D eigenvalue weighted by Gasteiger charge is -2.08. The first-order valence-corrected chi connectivity index (χ1v) is 12.0. The number of thioether (sulfide) groups is 1. The minimum Gasteiger partial charge on any atom is -0.352 e. The molecule has 0 saturated carbocycles. The van der Waals surface area contributed by atoms with Crippen LogP contribution < -0.4 is 5.32 Å². The van der Waals surface area contributed by atoms with E-state index in [0.717, 1.165) is 47.9 Å². The van der Waals surface area contributed by atoms with Crippen LogP contribution in [-0.2, 0) is 0 Å². The van der Waals surface area contributed by atoms with E-state index in [4.69, 9.17) is 4.99 Å². The summed E-state index contributed by atoms with van der Waals surface area (Å²) < 4.78 is 0. The van der Waals surface area contributed by atoms with Crippen LogP contribution in [0.2, 0.25) is 0 Å². The van der Waals surface area contributed by atoms with E-state index in [2.05, 4.69) is 43.4 Å². The van der Waals surface area contributed by atoms with Crippen LogP contribution in [0, 0.1) is 0 Å². The smallest absolute Gasteiger partial charge is 0.251 e. The molecule has 0 radical (unpaired) electrons. The number of carbonyl (C=O) groups excluding carboxylic acids is 1. The predicted octanol–water partition coefficient (Wildman–Crippen LogP) is 6.34. The number of nitrogens with zero attached hydrogens (tertiary/aromatic N) is 1. The first-order chi connectivity index (χ1) is 13.7. The maximum Gasteiger partial charge on any atom is 0.251 e. The topological polar surface area (TPSA) is 41.5 Å². The Kier molecular flexibility index (Phi) is 8.04. The molecule has 2 aromatic carbocycles. The summed E-state index contributed by atoms with van der Waals surface area (Å²) in [6.45, 7) is 5.09. The van der Waals surface area contributed by atoms with Crippen molar-refractivity contribution in [3.63, 3.8) is 0 Å². The fraction of sp³-hybridized carbons (Fsp3) is 0.391. The minimum absolute atomic E-state index is 0.0118. The number of amides is 1. The number of hydrogen-bond donors (Lipinski definition) is 1. The second kappa shape index (κ2) is 10.7. The number of benzene rings is 2. The van der Waals surface area contributed by atoms with Crippen molar-refractivity contribution >= 4 is 40.8 Å². The van der Waals surface area contributed by atoms with E-state index in [9.17, 15) is 4.79 Å². The third kappa shape index (κ3) is 5.42. The summed E-state index contributed by atoms with van der Waals surface area (Å²) in [6.07, 6.45) is 4.19.